The molecule has 128 valence electrons. The van der Waals surface area contributed by atoms with Crippen molar-refractivity contribution in [2.24, 2.45) is 7.05 Å². The Bertz CT molecular complexity index is 951. The molecule has 2 aromatic heterocycles. The molecule has 3 rings (SSSR count). The van der Waals surface area contributed by atoms with Crippen LogP contribution in [0.5, 0.6) is 0 Å². The molecule has 3 aromatic rings. The highest BCUT2D eigenvalue weighted by Crippen LogP contribution is 2.25. The number of carbonyl (C=O) groups excluding carboxylic acids is 2. The Morgan fingerprint density at radius 3 is 2.84 bits per heavy atom. The lowest BCUT2D eigenvalue weighted by Gasteiger charge is -2.09. The summed E-state index contributed by atoms with van der Waals surface area (Å²) in [5.74, 6) is -1.02. The van der Waals surface area contributed by atoms with Crippen molar-refractivity contribution >= 4 is 40.5 Å². The summed E-state index contributed by atoms with van der Waals surface area (Å²) >= 11 is 7.24. The van der Waals surface area contributed by atoms with Crippen molar-refractivity contribution in [3.8, 4) is 10.6 Å². The Morgan fingerprint density at radius 2 is 2.16 bits per heavy atom. The molecule has 0 bridgehead atoms. The van der Waals surface area contributed by atoms with Gasteiger partial charge in [-0.15, -0.1) is 11.3 Å². The maximum atomic E-state index is 12.4. The second-order valence-corrected chi connectivity index (χ2v) is 6.37. The van der Waals surface area contributed by atoms with Crippen molar-refractivity contribution in [1.29, 1.82) is 0 Å². The zero-order chi connectivity index (χ0) is 18.0. The Labute approximate surface area is 152 Å². The number of thiazole rings is 1. The molecule has 9 heteroatoms. The summed E-state index contributed by atoms with van der Waals surface area (Å²) < 4.78 is 6.37. The molecule has 0 unspecified atom stereocenters. The number of rotatable bonds is 4. The van der Waals surface area contributed by atoms with Gasteiger partial charge in [-0.3, -0.25) is 9.48 Å². The van der Waals surface area contributed by atoms with E-state index in [1.54, 1.807) is 35.4 Å². The standard InChI is InChI=1S/C16H13ClN4O3S/c1-21-7-9(6-18-21)15-20-13(8-25-15)14(22)19-12-4-3-10(17)5-11(12)16(23)24-2/h3-8H,1-2H3,(H,19,22). The molecular weight excluding hydrogens is 364 g/mol. The first-order valence-corrected chi connectivity index (χ1v) is 8.37. The first kappa shape index (κ1) is 17.1. The summed E-state index contributed by atoms with van der Waals surface area (Å²) in [5.41, 5.74) is 1.55. The van der Waals surface area contributed by atoms with Crippen molar-refractivity contribution in [2.75, 3.05) is 12.4 Å². The molecule has 0 spiro atoms. The van der Waals surface area contributed by atoms with Gasteiger partial charge in [-0.05, 0) is 18.2 Å². The molecule has 1 aromatic carbocycles. The predicted molar refractivity (Wildman–Crippen MR) is 95.1 cm³/mol. The highest BCUT2D eigenvalue weighted by atomic mass is 35.5. The number of aryl methyl sites for hydroxylation is 1. The second-order valence-electron chi connectivity index (χ2n) is 5.08. The zero-order valence-corrected chi connectivity index (χ0v) is 14.9. The van der Waals surface area contributed by atoms with E-state index in [2.05, 4.69) is 15.4 Å². The summed E-state index contributed by atoms with van der Waals surface area (Å²) in [6.45, 7) is 0. The van der Waals surface area contributed by atoms with Gasteiger partial charge in [0.05, 0.1) is 24.6 Å². The monoisotopic (exact) mass is 376 g/mol. The molecule has 0 atom stereocenters. The average molecular weight is 377 g/mol. The first-order chi connectivity index (χ1) is 12.0. The van der Waals surface area contributed by atoms with Gasteiger partial charge in [0.25, 0.3) is 5.91 Å². The van der Waals surface area contributed by atoms with Crippen LogP contribution in [-0.4, -0.2) is 33.8 Å². The van der Waals surface area contributed by atoms with Gasteiger partial charge in [0.15, 0.2) is 0 Å². The molecule has 0 radical (unpaired) electrons. The van der Waals surface area contributed by atoms with E-state index in [-0.39, 0.29) is 11.3 Å². The average Bonchev–Trinajstić information content (AvgIpc) is 3.24. The van der Waals surface area contributed by atoms with Gasteiger partial charge < -0.3 is 10.1 Å². The fourth-order valence-corrected chi connectivity index (χ4v) is 3.08. The predicted octanol–water partition coefficient (Wildman–Crippen LogP) is 3.24. The summed E-state index contributed by atoms with van der Waals surface area (Å²) in [6, 6.07) is 4.55. The molecule has 0 aliphatic carbocycles. The molecule has 0 saturated carbocycles. The van der Waals surface area contributed by atoms with Crippen molar-refractivity contribution < 1.29 is 14.3 Å². The Kier molecular flexibility index (Phi) is 4.82. The molecule has 0 saturated heterocycles. The van der Waals surface area contributed by atoms with Gasteiger partial charge in [0, 0.05) is 29.2 Å². The SMILES string of the molecule is COC(=O)c1cc(Cl)ccc1NC(=O)c1csc(-c2cnn(C)c2)n1. The van der Waals surface area contributed by atoms with Crippen LogP contribution in [-0.2, 0) is 11.8 Å². The summed E-state index contributed by atoms with van der Waals surface area (Å²) in [4.78, 5) is 28.6. The number of anilines is 1. The van der Waals surface area contributed by atoms with Gasteiger partial charge in [-0.2, -0.15) is 5.10 Å². The number of benzene rings is 1. The van der Waals surface area contributed by atoms with Crippen molar-refractivity contribution in [3.05, 3.63) is 52.3 Å². The van der Waals surface area contributed by atoms with Gasteiger partial charge in [0.1, 0.15) is 10.7 Å². The fourth-order valence-electron chi connectivity index (χ4n) is 2.13. The van der Waals surface area contributed by atoms with E-state index in [9.17, 15) is 9.59 Å². The fraction of sp³-hybridized carbons (Fsp3) is 0.125. The number of aromatic nitrogens is 3. The molecule has 1 N–H and O–H groups in total. The van der Waals surface area contributed by atoms with Crippen LogP contribution < -0.4 is 5.32 Å². The van der Waals surface area contributed by atoms with Crippen LogP contribution in [0.15, 0.2) is 36.0 Å². The van der Waals surface area contributed by atoms with Crippen LogP contribution in [0.4, 0.5) is 5.69 Å². The maximum Gasteiger partial charge on any atom is 0.340 e. The van der Waals surface area contributed by atoms with Crippen molar-refractivity contribution in [2.45, 2.75) is 0 Å². The van der Waals surface area contributed by atoms with E-state index in [0.29, 0.717) is 15.7 Å². The molecule has 1 amide bonds. The summed E-state index contributed by atoms with van der Waals surface area (Å²) in [5, 5.41) is 9.44. The molecular formula is C16H13ClN4O3S. The topological polar surface area (TPSA) is 86.1 Å². The minimum atomic E-state index is -0.591. The molecule has 2 heterocycles. The van der Waals surface area contributed by atoms with E-state index in [0.717, 1.165) is 5.56 Å². The summed E-state index contributed by atoms with van der Waals surface area (Å²) in [7, 11) is 3.06. The number of amides is 1. The van der Waals surface area contributed by atoms with E-state index < -0.39 is 11.9 Å². The van der Waals surface area contributed by atoms with Crippen LogP contribution in [0.25, 0.3) is 10.6 Å². The number of nitrogens with zero attached hydrogens (tertiary/aromatic N) is 3. The van der Waals surface area contributed by atoms with Gasteiger partial charge in [-0.25, -0.2) is 9.78 Å². The number of esters is 1. The zero-order valence-electron chi connectivity index (χ0n) is 13.3. The number of halogens is 1. The Morgan fingerprint density at radius 1 is 1.36 bits per heavy atom. The maximum absolute atomic E-state index is 12.4. The number of carbonyl (C=O) groups is 2. The first-order valence-electron chi connectivity index (χ1n) is 7.11. The highest BCUT2D eigenvalue weighted by Gasteiger charge is 2.18. The van der Waals surface area contributed by atoms with Gasteiger partial charge >= 0.3 is 5.97 Å². The Balaban J connectivity index is 1.84. The van der Waals surface area contributed by atoms with E-state index in [1.165, 1.54) is 24.5 Å². The lowest BCUT2D eigenvalue weighted by Crippen LogP contribution is -2.15. The number of hydrogen-bond donors (Lipinski definition) is 1. The van der Waals surface area contributed by atoms with E-state index in [4.69, 9.17) is 16.3 Å². The molecule has 25 heavy (non-hydrogen) atoms. The van der Waals surface area contributed by atoms with Crippen LogP contribution >= 0.6 is 22.9 Å². The smallest absolute Gasteiger partial charge is 0.340 e. The van der Waals surface area contributed by atoms with Crippen molar-refractivity contribution in [3.63, 3.8) is 0 Å². The van der Waals surface area contributed by atoms with Crippen LogP contribution in [0.2, 0.25) is 5.02 Å². The lowest BCUT2D eigenvalue weighted by atomic mass is 10.1. The third-order valence-electron chi connectivity index (χ3n) is 3.32. The van der Waals surface area contributed by atoms with Crippen LogP contribution in [0, 0.1) is 0 Å². The molecule has 0 aliphatic rings. The lowest BCUT2D eigenvalue weighted by molar-refractivity contribution is 0.0602. The number of ether oxygens (including phenoxy) is 1. The highest BCUT2D eigenvalue weighted by molar-refractivity contribution is 7.13. The minimum absolute atomic E-state index is 0.172. The van der Waals surface area contributed by atoms with E-state index >= 15 is 0 Å². The number of nitrogens with one attached hydrogen (secondary N) is 1. The molecule has 0 fully saturated rings. The van der Waals surface area contributed by atoms with E-state index in [1.807, 2.05) is 6.20 Å². The van der Waals surface area contributed by atoms with Gasteiger partial charge in [-0.1, -0.05) is 11.6 Å². The largest absolute Gasteiger partial charge is 0.465 e. The normalized spacial score (nSPS) is 10.5. The van der Waals surface area contributed by atoms with Crippen LogP contribution in [0.3, 0.4) is 0 Å². The number of hydrogen-bond acceptors (Lipinski definition) is 6. The van der Waals surface area contributed by atoms with Gasteiger partial charge in [0.2, 0.25) is 0 Å². The molecule has 7 nitrogen and oxygen atoms in total. The minimum Gasteiger partial charge on any atom is -0.465 e. The third kappa shape index (κ3) is 3.70. The quantitative estimate of drug-likeness (QED) is 0.706. The van der Waals surface area contributed by atoms with Crippen LogP contribution in [0.1, 0.15) is 20.8 Å². The summed E-state index contributed by atoms with van der Waals surface area (Å²) in [6.07, 6.45) is 3.49. The number of methoxy groups -OCH3 is 1. The Hall–Kier alpha value is -2.71. The van der Waals surface area contributed by atoms with Crippen molar-refractivity contribution in [1.82, 2.24) is 14.8 Å². The third-order valence-corrected chi connectivity index (χ3v) is 4.45. The second kappa shape index (κ2) is 7.04. The molecule has 0 aliphatic heterocycles.